The average molecular weight is 700 g/mol. The van der Waals surface area contributed by atoms with Crippen LogP contribution < -0.4 is 21.3 Å². The first-order chi connectivity index (χ1) is 23.4. The third kappa shape index (κ3) is 9.36. The summed E-state index contributed by atoms with van der Waals surface area (Å²) in [5.74, 6) is -1.87. The molecule has 2 saturated carbocycles. The van der Waals surface area contributed by atoms with E-state index >= 15 is 0 Å². The van der Waals surface area contributed by atoms with Crippen molar-refractivity contribution in [1.29, 1.82) is 0 Å². The van der Waals surface area contributed by atoms with E-state index in [2.05, 4.69) is 38.2 Å². The molecule has 4 fully saturated rings. The molecule has 2 saturated heterocycles. The maximum absolute atomic E-state index is 14.7. The Balaban J connectivity index is 1.35. The van der Waals surface area contributed by atoms with E-state index in [1.54, 1.807) is 0 Å². The maximum atomic E-state index is 14.7. The van der Waals surface area contributed by atoms with Crippen LogP contribution in [0.2, 0.25) is 0 Å². The number of nitrogens with one attached hydrogen (secondary N) is 4. The smallest absolute Gasteiger partial charge is 0.272 e. The number of hydrogen-bond donors (Lipinski definition) is 5. The Labute approximate surface area is 292 Å². The Bertz CT molecular complexity index is 1300. The second-order valence-electron chi connectivity index (χ2n) is 15.8. The first kappa shape index (κ1) is 37.6. The van der Waals surface area contributed by atoms with Crippen molar-refractivity contribution in [2.24, 2.45) is 17.3 Å². The number of fused-ring (bicyclic) bond motifs is 1. The Hall–Kier alpha value is -2.69. The highest BCUT2D eigenvalue weighted by atomic mass is 31.1. The van der Waals surface area contributed by atoms with Gasteiger partial charge in [0.1, 0.15) is 24.0 Å². The minimum atomic E-state index is -0.997. The van der Waals surface area contributed by atoms with Gasteiger partial charge in [-0.1, -0.05) is 68.2 Å². The van der Waals surface area contributed by atoms with Crippen LogP contribution in [-0.4, -0.2) is 98.1 Å². The number of aromatic nitrogens is 2. The average Bonchev–Trinajstić information content (AvgIpc) is 3.65. The van der Waals surface area contributed by atoms with Gasteiger partial charge < -0.3 is 26.0 Å². The van der Waals surface area contributed by atoms with Crippen molar-refractivity contribution in [2.45, 2.75) is 147 Å². The second kappa shape index (κ2) is 16.6. The van der Waals surface area contributed by atoms with Gasteiger partial charge in [0.05, 0.1) is 17.9 Å². The van der Waals surface area contributed by atoms with Gasteiger partial charge in [0, 0.05) is 31.0 Å². The lowest BCUT2D eigenvalue weighted by atomic mass is 9.82. The predicted octanol–water partition coefficient (Wildman–Crippen LogP) is 3.49. The van der Waals surface area contributed by atoms with Gasteiger partial charge in [0.25, 0.3) is 5.91 Å². The van der Waals surface area contributed by atoms with E-state index in [0.717, 1.165) is 76.8 Å². The topological polar surface area (TPSA) is 166 Å². The summed E-state index contributed by atoms with van der Waals surface area (Å²) in [4.78, 5) is 65.1. The molecular formula is C36H58N7O5P. The number of aliphatic hydroxyl groups excluding tert-OH is 1. The van der Waals surface area contributed by atoms with Gasteiger partial charge in [0.2, 0.25) is 17.7 Å². The molecule has 0 bridgehead atoms. The number of carbonyl (C=O) groups excluding carboxylic acids is 4. The van der Waals surface area contributed by atoms with E-state index in [1.807, 2.05) is 32.6 Å². The molecule has 8 atom stereocenters. The summed E-state index contributed by atoms with van der Waals surface area (Å²) in [6.07, 6.45) is 14.6. The van der Waals surface area contributed by atoms with Gasteiger partial charge in [0.15, 0.2) is 0 Å². The molecule has 2 aliphatic carbocycles. The van der Waals surface area contributed by atoms with Crippen LogP contribution in [0.5, 0.6) is 0 Å². The molecule has 0 spiro atoms. The van der Waals surface area contributed by atoms with Crippen molar-refractivity contribution in [3.05, 3.63) is 24.3 Å². The van der Waals surface area contributed by atoms with E-state index in [4.69, 9.17) is 0 Å². The summed E-state index contributed by atoms with van der Waals surface area (Å²) >= 11 is 0. The lowest BCUT2D eigenvalue weighted by Gasteiger charge is -2.40. The van der Waals surface area contributed by atoms with Crippen molar-refractivity contribution < 1.29 is 24.3 Å². The lowest BCUT2D eigenvalue weighted by molar-refractivity contribution is -0.142. The van der Waals surface area contributed by atoms with Gasteiger partial charge in [-0.2, -0.15) is 0 Å². The summed E-state index contributed by atoms with van der Waals surface area (Å²) in [5, 5.41) is 24.5. The first-order valence-corrected chi connectivity index (χ1v) is 20.2. The molecule has 3 heterocycles. The summed E-state index contributed by atoms with van der Waals surface area (Å²) in [6.45, 7) is 10.3. The Morgan fingerprint density at radius 1 is 1.00 bits per heavy atom. The van der Waals surface area contributed by atoms with Gasteiger partial charge >= 0.3 is 0 Å². The zero-order valence-corrected chi connectivity index (χ0v) is 30.9. The van der Waals surface area contributed by atoms with Crippen LogP contribution in [0.1, 0.15) is 116 Å². The fourth-order valence-electron chi connectivity index (χ4n) is 7.87. The van der Waals surface area contributed by atoms with Crippen molar-refractivity contribution >= 4 is 31.6 Å². The molecule has 5 unspecified atom stereocenters. The molecule has 5 N–H and O–H groups in total. The van der Waals surface area contributed by atoms with Gasteiger partial charge in [-0.15, -0.1) is 0 Å². The first-order valence-electron chi connectivity index (χ1n) is 18.6. The number of amides is 4. The van der Waals surface area contributed by atoms with E-state index in [-0.39, 0.29) is 47.3 Å². The Morgan fingerprint density at radius 2 is 1.73 bits per heavy atom. The molecule has 1 aromatic heterocycles. The zero-order valence-electron chi connectivity index (χ0n) is 30.0. The summed E-state index contributed by atoms with van der Waals surface area (Å²) in [6, 6.07) is -1.68. The van der Waals surface area contributed by atoms with Crippen molar-refractivity contribution in [2.75, 3.05) is 12.7 Å². The molecule has 272 valence electrons. The maximum Gasteiger partial charge on any atom is 0.272 e. The molecule has 4 aliphatic rings. The van der Waals surface area contributed by atoms with E-state index < -0.39 is 43.3 Å². The monoisotopic (exact) mass is 699 g/mol. The van der Waals surface area contributed by atoms with Crippen LogP contribution in [-0.2, 0) is 14.4 Å². The van der Waals surface area contributed by atoms with Gasteiger partial charge in [-0.05, 0) is 68.1 Å². The van der Waals surface area contributed by atoms with E-state index in [0.29, 0.717) is 12.2 Å². The third-order valence-corrected chi connectivity index (χ3v) is 14.3. The van der Waals surface area contributed by atoms with Crippen LogP contribution in [0.3, 0.4) is 0 Å². The molecule has 5 rings (SSSR count). The van der Waals surface area contributed by atoms with Crippen molar-refractivity contribution in [1.82, 2.24) is 36.1 Å². The second-order valence-corrected chi connectivity index (χ2v) is 18.5. The highest BCUT2D eigenvalue weighted by Crippen LogP contribution is 2.60. The molecule has 1 aromatic rings. The highest BCUT2D eigenvalue weighted by molar-refractivity contribution is 7.59. The molecule has 2 aliphatic heterocycles. The fraction of sp³-hybridized carbons (Fsp3) is 0.778. The van der Waals surface area contributed by atoms with E-state index in [9.17, 15) is 24.3 Å². The number of rotatable bonds is 14. The minimum absolute atomic E-state index is 0.00103. The van der Waals surface area contributed by atoms with Gasteiger partial charge in [-0.3, -0.25) is 29.5 Å². The zero-order chi connectivity index (χ0) is 35.3. The van der Waals surface area contributed by atoms with E-state index in [1.165, 1.54) is 18.6 Å². The number of nitrogens with zero attached hydrogens (tertiary/aromatic N) is 3. The van der Waals surface area contributed by atoms with Crippen LogP contribution in [0.25, 0.3) is 0 Å². The third-order valence-electron chi connectivity index (χ3n) is 10.9. The standard InChI is InChI=1S/C36H58N7O5P/c1-6-11-26(22(2)30(44)39-24-15-16-24)40-33(47)35-43(21-25-14-10-19-49(25)35)34(48)29(36(3,4)5)42-32(46)28(23-12-8-7-9-13-23)41-31(45)27-20-37-17-18-38-27/h17-18,20,22-26,28-29,33,35,40,47H,6-16,19,21H2,1-5H3,(H,39,44)(H,41,45)(H,42,46)/t22?,25?,26-,28-,29?,33?,35-,49?/m0/s1. The molecular weight excluding hydrogens is 641 g/mol. The Morgan fingerprint density at radius 3 is 2.37 bits per heavy atom. The summed E-state index contributed by atoms with van der Waals surface area (Å²) in [5.41, 5.74) is -0.180. The minimum Gasteiger partial charge on any atom is -0.376 e. The Kier molecular flexibility index (Phi) is 12.7. The van der Waals surface area contributed by atoms with Crippen LogP contribution in [0, 0.1) is 17.3 Å². The van der Waals surface area contributed by atoms with Crippen LogP contribution >= 0.6 is 7.92 Å². The largest absolute Gasteiger partial charge is 0.376 e. The van der Waals surface area contributed by atoms with Crippen LogP contribution in [0.4, 0.5) is 0 Å². The number of aliphatic hydroxyl groups is 1. The summed E-state index contributed by atoms with van der Waals surface area (Å²) < 4.78 is 0. The predicted molar refractivity (Wildman–Crippen MR) is 190 cm³/mol. The van der Waals surface area contributed by atoms with Crippen molar-refractivity contribution in [3.8, 4) is 0 Å². The molecule has 13 heteroatoms. The lowest BCUT2D eigenvalue weighted by Crippen LogP contribution is -2.62. The fourth-order valence-corrected chi connectivity index (χ4v) is 11.4. The molecule has 49 heavy (non-hydrogen) atoms. The quantitative estimate of drug-likeness (QED) is 0.146. The molecule has 12 nitrogen and oxygen atoms in total. The molecule has 4 amide bonds. The normalized spacial score (nSPS) is 25.8. The highest BCUT2D eigenvalue weighted by Gasteiger charge is 2.52. The van der Waals surface area contributed by atoms with Crippen LogP contribution in [0.15, 0.2) is 18.6 Å². The summed E-state index contributed by atoms with van der Waals surface area (Å²) in [7, 11) is -0.678. The SMILES string of the molecule is CCC[C@H](NC(O)[C@H]1N(C(=O)C(NC(=O)[C@@H](NC(=O)c2cnccn2)C2CCCCC2)C(C)(C)C)CC2CCCP21)C(C)C(=O)NC1CC1. The molecule has 0 radical (unpaired) electrons. The molecule has 0 aromatic carbocycles. The number of carbonyl (C=O) groups is 4. The van der Waals surface area contributed by atoms with Crippen molar-refractivity contribution in [3.63, 3.8) is 0 Å². The number of hydrogen-bond acceptors (Lipinski definition) is 8. The van der Waals surface area contributed by atoms with Gasteiger partial charge in [-0.25, -0.2) is 4.98 Å².